The third-order valence-electron chi connectivity index (χ3n) is 6.86. The Balaban J connectivity index is 0.000000201. The van der Waals surface area contributed by atoms with Gasteiger partial charge in [0.2, 0.25) is 0 Å². The molecule has 236 valence electrons. The van der Waals surface area contributed by atoms with E-state index in [-0.39, 0.29) is 51.2 Å². The summed E-state index contributed by atoms with van der Waals surface area (Å²) in [6.45, 7) is 11.1. The second-order valence-corrected chi connectivity index (χ2v) is 10.9. The summed E-state index contributed by atoms with van der Waals surface area (Å²) < 4.78 is 5.83. The lowest BCUT2D eigenvalue weighted by Crippen LogP contribution is -2.04. The Kier molecular flexibility index (Phi) is 11.2. The van der Waals surface area contributed by atoms with Crippen LogP contribution in [-0.4, -0.2) is 38.3 Å². The lowest BCUT2D eigenvalue weighted by molar-refractivity contribution is 0.0996. The van der Waals surface area contributed by atoms with Gasteiger partial charge in [0.1, 0.15) is 22.8 Å². The third-order valence-corrected chi connectivity index (χ3v) is 6.86. The first-order valence-corrected chi connectivity index (χ1v) is 14.3. The van der Waals surface area contributed by atoms with Crippen molar-refractivity contribution in [2.45, 2.75) is 48.5 Å². The van der Waals surface area contributed by atoms with Crippen LogP contribution in [0.1, 0.15) is 85.8 Å². The van der Waals surface area contributed by atoms with E-state index in [1.54, 1.807) is 67.8 Å². The van der Waals surface area contributed by atoms with Crippen LogP contribution in [0.5, 0.6) is 11.5 Å². The fourth-order valence-electron chi connectivity index (χ4n) is 4.57. The van der Waals surface area contributed by atoms with Gasteiger partial charge in [0.15, 0.2) is 28.6 Å². The van der Waals surface area contributed by atoms with Crippen molar-refractivity contribution in [2.24, 2.45) is 0 Å². The summed E-state index contributed by atoms with van der Waals surface area (Å²) in [5.41, 5.74) is 4.79. The van der Waals surface area contributed by atoms with Crippen molar-refractivity contribution in [2.75, 3.05) is 0 Å². The van der Waals surface area contributed by atoms with Gasteiger partial charge in [-0.25, -0.2) is 0 Å². The van der Waals surface area contributed by atoms with Crippen molar-refractivity contribution in [3.63, 3.8) is 0 Å². The van der Waals surface area contributed by atoms with Crippen molar-refractivity contribution >= 4 is 34.1 Å². The lowest BCUT2D eigenvalue weighted by atomic mass is 10.0. The molecule has 5 aromatic rings. The molecule has 0 radical (unpaired) electrons. The molecule has 3 aromatic carbocycles. The molecule has 0 atom stereocenters. The zero-order chi connectivity index (χ0) is 34.3. The van der Waals surface area contributed by atoms with E-state index in [2.05, 4.69) is 4.98 Å². The molecular formula is C37H35NO8. The minimum Gasteiger partial charge on any atom is -0.507 e. The molecule has 9 heteroatoms. The summed E-state index contributed by atoms with van der Waals surface area (Å²) >= 11 is 0. The highest BCUT2D eigenvalue weighted by molar-refractivity contribution is 6.05. The molecule has 0 spiro atoms. The lowest BCUT2D eigenvalue weighted by Gasteiger charge is -2.07. The SMILES string of the molecule is CC(=O)c1cc(C)cc(C(C)=O)c1O.CC(=O)c1cc(C)cc2c(=O)cc(-c3ccncc3)oc12.CC(=O)c1cc(C)ccc1O. The highest BCUT2D eigenvalue weighted by Crippen LogP contribution is 2.26. The van der Waals surface area contributed by atoms with Crippen molar-refractivity contribution in [3.8, 4) is 22.8 Å². The molecule has 46 heavy (non-hydrogen) atoms. The second-order valence-electron chi connectivity index (χ2n) is 10.9. The number of pyridine rings is 1. The Bertz CT molecular complexity index is 1990. The molecule has 0 aliphatic heterocycles. The molecule has 0 saturated carbocycles. The molecule has 2 aromatic heterocycles. The van der Waals surface area contributed by atoms with Crippen LogP contribution in [0.25, 0.3) is 22.3 Å². The molecular weight excluding hydrogens is 586 g/mol. The van der Waals surface area contributed by atoms with Gasteiger partial charge in [0, 0.05) is 24.0 Å². The Morgan fingerprint density at radius 3 is 1.59 bits per heavy atom. The number of hydrogen-bond donors (Lipinski definition) is 2. The van der Waals surface area contributed by atoms with Crippen LogP contribution in [0, 0.1) is 20.8 Å². The van der Waals surface area contributed by atoms with Crippen LogP contribution < -0.4 is 5.43 Å². The number of benzene rings is 3. The summed E-state index contributed by atoms with van der Waals surface area (Å²) in [6, 6.07) is 16.6. The number of carbonyl (C=O) groups is 4. The number of ketones is 4. The van der Waals surface area contributed by atoms with Gasteiger partial charge >= 0.3 is 0 Å². The minimum atomic E-state index is -0.242. The topological polar surface area (TPSA) is 152 Å². The summed E-state index contributed by atoms with van der Waals surface area (Å²) in [6.07, 6.45) is 3.25. The van der Waals surface area contributed by atoms with Gasteiger partial charge in [-0.3, -0.25) is 29.0 Å². The molecule has 0 amide bonds. The van der Waals surface area contributed by atoms with Crippen molar-refractivity contribution in [1.29, 1.82) is 0 Å². The predicted octanol–water partition coefficient (Wildman–Crippen LogP) is 7.38. The largest absolute Gasteiger partial charge is 0.507 e. The molecule has 2 heterocycles. The first-order valence-electron chi connectivity index (χ1n) is 14.3. The summed E-state index contributed by atoms with van der Waals surface area (Å²) in [4.78, 5) is 61.2. The maximum Gasteiger partial charge on any atom is 0.193 e. The van der Waals surface area contributed by atoms with Crippen LogP contribution in [0.4, 0.5) is 0 Å². The third kappa shape index (κ3) is 8.47. The molecule has 5 rings (SSSR count). The number of fused-ring (bicyclic) bond motifs is 1. The normalized spacial score (nSPS) is 10.2. The quantitative estimate of drug-likeness (QED) is 0.192. The number of aryl methyl sites for hydroxylation is 3. The number of Topliss-reactive ketones (excluding diaryl/α,β-unsaturated/α-hetero) is 4. The molecule has 0 bridgehead atoms. The van der Waals surface area contributed by atoms with Crippen LogP contribution in [0.15, 0.2) is 82.3 Å². The number of phenolic OH excluding ortho intramolecular Hbond substituents is 2. The van der Waals surface area contributed by atoms with Gasteiger partial charge in [-0.15, -0.1) is 0 Å². The van der Waals surface area contributed by atoms with E-state index in [1.807, 2.05) is 13.8 Å². The maximum atomic E-state index is 12.3. The zero-order valence-corrected chi connectivity index (χ0v) is 26.7. The predicted molar refractivity (Wildman–Crippen MR) is 176 cm³/mol. The van der Waals surface area contributed by atoms with Crippen LogP contribution in [-0.2, 0) is 0 Å². The van der Waals surface area contributed by atoms with Crippen molar-refractivity contribution < 1.29 is 33.8 Å². The van der Waals surface area contributed by atoms with Crippen LogP contribution in [0.2, 0.25) is 0 Å². The number of carbonyl (C=O) groups excluding carboxylic acids is 4. The average molecular weight is 622 g/mol. The summed E-state index contributed by atoms with van der Waals surface area (Å²) in [5.74, 6) is -0.438. The maximum absolute atomic E-state index is 12.3. The molecule has 9 nitrogen and oxygen atoms in total. The fourth-order valence-corrected chi connectivity index (χ4v) is 4.57. The Morgan fingerprint density at radius 2 is 1.09 bits per heavy atom. The molecule has 0 saturated heterocycles. The highest BCUT2D eigenvalue weighted by Gasteiger charge is 2.15. The van der Waals surface area contributed by atoms with Crippen molar-refractivity contribution in [3.05, 3.63) is 122 Å². The van der Waals surface area contributed by atoms with E-state index >= 15 is 0 Å². The Labute approximate surface area is 266 Å². The molecule has 2 N–H and O–H groups in total. The average Bonchev–Trinajstić information content (AvgIpc) is 3.00. The molecule has 0 aliphatic carbocycles. The first kappa shape index (κ1) is 34.8. The molecule has 0 fully saturated rings. The number of phenols is 2. The van der Waals surface area contributed by atoms with Crippen molar-refractivity contribution in [1.82, 2.24) is 4.98 Å². The monoisotopic (exact) mass is 621 g/mol. The fraction of sp³-hybridized carbons (Fsp3) is 0.189. The molecule has 0 aliphatic rings. The van der Waals surface area contributed by atoms with Gasteiger partial charge in [-0.2, -0.15) is 0 Å². The van der Waals surface area contributed by atoms with Gasteiger partial charge in [-0.05, 0) is 108 Å². The number of aromatic nitrogens is 1. The Hall–Kier alpha value is -5.70. The second kappa shape index (κ2) is 14.9. The van der Waals surface area contributed by atoms with Gasteiger partial charge < -0.3 is 14.6 Å². The smallest absolute Gasteiger partial charge is 0.193 e. The summed E-state index contributed by atoms with van der Waals surface area (Å²) in [7, 11) is 0. The zero-order valence-electron chi connectivity index (χ0n) is 26.7. The van der Waals surface area contributed by atoms with Gasteiger partial charge in [-0.1, -0.05) is 11.6 Å². The highest BCUT2D eigenvalue weighted by atomic mass is 16.3. The first-order chi connectivity index (χ1) is 21.6. The van der Waals surface area contributed by atoms with Gasteiger partial charge in [0.25, 0.3) is 0 Å². The van der Waals surface area contributed by atoms with E-state index in [0.717, 1.165) is 22.3 Å². The van der Waals surface area contributed by atoms with E-state index in [4.69, 9.17) is 4.42 Å². The van der Waals surface area contributed by atoms with E-state index in [9.17, 15) is 34.2 Å². The van der Waals surface area contributed by atoms with E-state index in [0.29, 0.717) is 27.9 Å². The summed E-state index contributed by atoms with van der Waals surface area (Å²) in [5, 5.41) is 19.2. The van der Waals surface area contributed by atoms with Crippen LogP contribution in [0.3, 0.4) is 0 Å². The standard InChI is InChI=1S/C17H13NO3.C11H12O3.C9H10O2/c1-10-7-13(11(2)19)17-14(8-10)15(20)9-16(21-17)12-3-5-18-6-4-12;1-6-4-9(7(2)12)11(14)10(5-6)8(3)13;1-6-3-4-9(11)8(5-6)7(2)10/h3-9H,1-2H3;4-5,14H,1-3H3;3-5,11H,1-2H3. The Morgan fingerprint density at radius 1 is 0.609 bits per heavy atom. The number of hydrogen-bond acceptors (Lipinski definition) is 9. The van der Waals surface area contributed by atoms with E-state index in [1.165, 1.54) is 39.8 Å². The molecule has 0 unspecified atom stereocenters. The van der Waals surface area contributed by atoms with Gasteiger partial charge in [0.05, 0.1) is 27.6 Å². The number of aromatic hydroxyl groups is 2. The number of rotatable bonds is 5. The minimum absolute atomic E-state index is 0.0584. The number of nitrogens with zero attached hydrogens (tertiary/aromatic N) is 1. The van der Waals surface area contributed by atoms with E-state index < -0.39 is 0 Å². The van der Waals surface area contributed by atoms with Crippen LogP contribution >= 0.6 is 0 Å².